The van der Waals surface area contributed by atoms with Gasteiger partial charge in [-0.1, -0.05) is 12.1 Å². The first-order valence-electron chi connectivity index (χ1n) is 10.5. The summed E-state index contributed by atoms with van der Waals surface area (Å²) in [4.78, 5) is 6.93. The number of aliphatic imine (C=N–C) groups is 1. The molecule has 0 amide bonds. The molecule has 158 valence electrons. The number of rotatable bonds is 12. The van der Waals surface area contributed by atoms with Crippen molar-refractivity contribution in [2.75, 3.05) is 40.5 Å². The summed E-state index contributed by atoms with van der Waals surface area (Å²) in [6, 6.07) is 7.70. The SMILES string of the molecule is CN=C(NCCN(C(C)C)C1CC1)NCc1ccc(C)cc1OCCCOC. The Morgan fingerprint density at radius 1 is 1.25 bits per heavy atom. The summed E-state index contributed by atoms with van der Waals surface area (Å²) in [5.74, 6) is 1.75. The molecule has 0 aliphatic heterocycles. The molecular weight excluding hydrogens is 352 g/mol. The molecule has 2 N–H and O–H groups in total. The normalized spacial score (nSPS) is 14.6. The fraction of sp³-hybridized carbons (Fsp3) is 0.682. The van der Waals surface area contributed by atoms with Gasteiger partial charge in [0.25, 0.3) is 0 Å². The zero-order valence-corrected chi connectivity index (χ0v) is 18.3. The van der Waals surface area contributed by atoms with E-state index in [-0.39, 0.29) is 0 Å². The van der Waals surface area contributed by atoms with Crippen LogP contribution in [-0.4, -0.2) is 63.4 Å². The number of hydrogen-bond acceptors (Lipinski definition) is 4. The van der Waals surface area contributed by atoms with Crippen LogP contribution in [0.15, 0.2) is 23.2 Å². The summed E-state index contributed by atoms with van der Waals surface area (Å²) >= 11 is 0. The van der Waals surface area contributed by atoms with Gasteiger partial charge in [0.2, 0.25) is 0 Å². The summed E-state index contributed by atoms with van der Waals surface area (Å²) in [5, 5.41) is 6.85. The lowest BCUT2D eigenvalue weighted by Gasteiger charge is -2.26. The number of nitrogens with one attached hydrogen (secondary N) is 2. The van der Waals surface area contributed by atoms with Gasteiger partial charge in [0.05, 0.1) is 6.61 Å². The molecule has 1 aliphatic rings. The van der Waals surface area contributed by atoms with Crippen molar-refractivity contribution in [3.8, 4) is 5.75 Å². The van der Waals surface area contributed by atoms with Crippen LogP contribution in [0, 0.1) is 6.92 Å². The van der Waals surface area contributed by atoms with Crippen LogP contribution >= 0.6 is 0 Å². The quantitative estimate of drug-likeness (QED) is 0.326. The highest BCUT2D eigenvalue weighted by Gasteiger charge is 2.30. The van der Waals surface area contributed by atoms with Crippen molar-refractivity contribution >= 4 is 5.96 Å². The molecule has 0 spiro atoms. The van der Waals surface area contributed by atoms with Crippen molar-refractivity contribution in [1.82, 2.24) is 15.5 Å². The largest absolute Gasteiger partial charge is 0.493 e. The Balaban J connectivity index is 1.81. The molecule has 1 saturated carbocycles. The first kappa shape index (κ1) is 22.5. The van der Waals surface area contributed by atoms with Crippen molar-refractivity contribution in [2.45, 2.75) is 58.7 Å². The average Bonchev–Trinajstić information content (AvgIpc) is 3.50. The zero-order valence-electron chi connectivity index (χ0n) is 18.3. The topological polar surface area (TPSA) is 58.1 Å². The molecule has 0 unspecified atom stereocenters. The van der Waals surface area contributed by atoms with Crippen LogP contribution in [0.1, 0.15) is 44.2 Å². The maximum Gasteiger partial charge on any atom is 0.191 e. The number of benzene rings is 1. The molecule has 0 aromatic heterocycles. The van der Waals surface area contributed by atoms with E-state index in [1.165, 1.54) is 18.4 Å². The third-order valence-corrected chi connectivity index (χ3v) is 4.98. The van der Waals surface area contributed by atoms with E-state index in [0.29, 0.717) is 25.8 Å². The number of guanidine groups is 1. The molecular formula is C22H38N4O2. The maximum absolute atomic E-state index is 5.97. The van der Waals surface area contributed by atoms with Gasteiger partial charge in [0.1, 0.15) is 5.75 Å². The highest BCUT2D eigenvalue weighted by Crippen LogP contribution is 2.27. The lowest BCUT2D eigenvalue weighted by Crippen LogP contribution is -2.43. The van der Waals surface area contributed by atoms with E-state index in [0.717, 1.165) is 42.8 Å². The molecule has 2 rings (SSSR count). The van der Waals surface area contributed by atoms with Gasteiger partial charge in [-0.3, -0.25) is 9.89 Å². The van der Waals surface area contributed by atoms with Crippen molar-refractivity contribution in [3.05, 3.63) is 29.3 Å². The number of hydrogen-bond donors (Lipinski definition) is 2. The molecule has 1 aromatic rings. The molecule has 0 bridgehead atoms. The predicted molar refractivity (Wildman–Crippen MR) is 116 cm³/mol. The van der Waals surface area contributed by atoms with Gasteiger partial charge in [0.15, 0.2) is 5.96 Å². The third-order valence-electron chi connectivity index (χ3n) is 4.98. The fourth-order valence-corrected chi connectivity index (χ4v) is 3.30. The summed E-state index contributed by atoms with van der Waals surface area (Å²) in [6.45, 7) is 10.6. The molecule has 28 heavy (non-hydrogen) atoms. The summed E-state index contributed by atoms with van der Waals surface area (Å²) in [5.41, 5.74) is 2.33. The van der Waals surface area contributed by atoms with Crippen LogP contribution in [0.3, 0.4) is 0 Å². The van der Waals surface area contributed by atoms with Gasteiger partial charge in [-0.15, -0.1) is 0 Å². The van der Waals surface area contributed by atoms with E-state index < -0.39 is 0 Å². The van der Waals surface area contributed by atoms with Crippen LogP contribution in [0.5, 0.6) is 5.75 Å². The number of ether oxygens (including phenoxy) is 2. The number of aryl methyl sites for hydroxylation is 1. The highest BCUT2D eigenvalue weighted by molar-refractivity contribution is 5.79. The molecule has 0 radical (unpaired) electrons. The molecule has 0 heterocycles. The van der Waals surface area contributed by atoms with Crippen LogP contribution in [0.2, 0.25) is 0 Å². The lowest BCUT2D eigenvalue weighted by molar-refractivity contribution is 0.171. The molecule has 6 nitrogen and oxygen atoms in total. The van der Waals surface area contributed by atoms with E-state index in [1.807, 2.05) is 7.05 Å². The van der Waals surface area contributed by atoms with Crippen LogP contribution in [0.25, 0.3) is 0 Å². The van der Waals surface area contributed by atoms with Gasteiger partial charge >= 0.3 is 0 Å². The van der Waals surface area contributed by atoms with Gasteiger partial charge in [0, 0.05) is 64.5 Å². The van der Waals surface area contributed by atoms with Crippen molar-refractivity contribution in [2.24, 2.45) is 4.99 Å². The molecule has 1 aliphatic carbocycles. The second-order valence-electron chi connectivity index (χ2n) is 7.72. The number of nitrogens with zero attached hydrogens (tertiary/aromatic N) is 2. The highest BCUT2D eigenvalue weighted by atomic mass is 16.5. The Morgan fingerprint density at radius 3 is 2.68 bits per heavy atom. The Labute approximate surface area is 170 Å². The Bertz CT molecular complexity index is 613. The monoisotopic (exact) mass is 390 g/mol. The van der Waals surface area contributed by atoms with Crippen molar-refractivity contribution in [1.29, 1.82) is 0 Å². The number of methoxy groups -OCH3 is 1. The van der Waals surface area contributed by atoms with Gasteiger partial charge in [-0.25, -0.2) is 0 Å². The van der Waals surface area contributed by atoms with Gasteiger partial charge in [-0.2, -0.15) is 0 Å². The maximum atomic E-state index is 5.97. The first-order chi connectivity index (χ1) is 13.5. The standard InChI is InChI=1S/C22H38N4O2/c1-17(2)26(20-9-10-20)12-11-24-22(23-4)25-16-19-8-7-18(3)15-21(19)28-14-6-13-27-5/h7-8,15,17,20H,6,9-14,16H2,1-5H3,(H2,23,24,25). The van der Waals surface area contributed by atoms with Crippen molar-refractivity contribution in [3.63, 3.8) is 0 Å². The van der Waals surface area contributed by atoms with Gasteiger partial charge < -0.3 is 20.1 Å². The Morgan fingerprint density at radius 2 is 2.04 bits per heavy atom. The minimum atomic E-state index is 0.592. The smallest absolute Gasteiger partial charge is 0.191 e. The minimum Gasteiger partial charge on any atom is -0.493 e. The Hall–Kier alpha value is -1.79. The van der Waals surface area contributed by atoms with E-state index >= 15 is 0 Å². The van der Waals surface area contributed by atoms with Crippen LogP contribution < -0.4 is 15.4 Å². The molecule has 0 saturated heterocycles. The Kier molecular flexibility index (Phi) is 9.58. The molecule has 1 aromatic carbocycles. The second kappa shape index (κ2) is 11.9. The van der Waals surface area contributed by atoms with Gasteiger partial charge in [-0.05, 0) is 45.2 Å². The second-order valence-corrected chi connectivity index (χ2v) is 7.72. The van der Waals surface area contributed by atoms with E-state index in [4.69, 9.17) is 9.47 Å². The molecule has 1 fully saturated rings. The van der Waals surface area contributed by atoms with E-state index in [9.17, 15) is 0 Å². The zero-order chi connectivity index (χ0) is 20.4. The van der Waals surface area contributed by atoms with E-state index in [2.05, 4.69) is 59.5 Å². The first-order valence-corrected chi connectivity index (χ1v) is 10.5. The predicted octanol–water partition coefficient (Wildman–Crippen LogP) is 2.95. The van der Waals surface area contributed by atoms with E-state index in [1.54, 1.807) is 7.11 Å². The van der Waals surface area contributed by atoms with Crippen LogP contribution in [-0.2, 0) is 11.3 Å². The lowest BCUT2D eigenvalue weighted by atomic mass is 10.1. The molecule has 0 atom stereocenters. The molecule has 6 heteroatoms. The van der Waals surface area contributed by atoms with Crippen LogP contribution in [0.4, 0.5) is 0 Å². The van der Waals surface area contributed by atoms with Crippen molar-refractivity contribution < 1.29 is 9.47 Å². The summed E-state index contributed by atoms with van der Waals surface area (Å²) in [6.07, 6.45) is 3.56. The summed E-state index contributed by atoms with van der Waals surface area (Å²) in [7, 11) is 3.53. The fourth-order valence-electron chi connectivity index (χ4n) is 3.30. The summed E-state index contributed by atoms with van der Waals surface area (Å²) < 4.78 is 11.1. The third kappa shape index (κ3) is 7.68. The average molecular weight is 391 g/mol. The minimum absolute atomic E-state index is 0.592.